The summed E-state index contributed by atoms with van der Waals surface area (Å²) in [5.74, 6) is -0.406. The second-order valence-corrected chi connectivity index (χ2v) is 5.79. The van der Waals surface area contributed by atoms with Crippen LogP contribution in [0.5, 0.6) is 0 Å². The summed E-state index contributed by atoms with van der Waals surface area (Å²) in [7, 11) is 0. The standard InChI is InChI=1S/C17H13ClN4O3/c1-10-8-11(2-5-16(10)22(24)25)17(23)21-20-14-6-7-19-15-9-12(18)3-4-13(14)15/h2-9H,1H3,(H,19,20)(H,21,23). The zero-order valence-electron chi connectivity index (χ0n) is 13.1. The van der Waals surface area contributed by atoms with Crippen molar-refractivity contribution < 1.29 is 9.72 Å². The lowest BCUT2D eigenvalue weighted by atomic mass is 10.1. The van der Waals surface area contributed by atoms with Crippen LogP contribution in [0.4, 0.5) is 11.4 Å². The molecule has 1 aromatic heterocycles. The molecule has 0 atom stereocenters. The number of aryl methyl sites for hydroxylation is 1. The molecule has 0 bridgehead atoms. The fraction of sp³-hybridized carbons (Fsp3) is 0.0588. The van der Waals surface area contributed by atoms with Crippen LogP contribution in [0, 0.1) is 17.0 Å². The molecule has 2 N–H and O–H groups in total. The number of pyridine rings is 1. The number of halogens is 1. The van der Waals surface area contributed by atoms with Crippen LogP contribution in [0.1, 0.15) is 15.9 Å². The van der Waals surface area contributed by atoms with Gasteiger partial charge in [0.2, 0.25) is 0 Å². The average Bonchev–Trinajstić information content (AvgIpc) is 2.58. The van der Waals surface area contributed by atoms with Crippen LogP contribution in [0.2, 0.25) is 5.02 Å². The summed E-state index contributed by atoms with van der Waals surface area (Å²) in [6.07, 6.45) is 1.60. The Balaban J connectivity index is 1.79. The number of amides is 1. The molecule has 2 aromatic carbocycles. The van der Waals surface area contributed by atoms with Gasteiger partial charge in [-0.1, -0.05) is 11.6 Å². The Morgan fingerprint density at radius 2 is 2.00 bits per heavy atom. The molecule has 25 heavy (non-hydrogen) atoms. The van der Waals surface area contributed by atoms with Crippen LogP contribution in [0.25, 0.3) is 10.9 Å². The third-order valence-electron chi connectivity index (χ3n) is 3.67. The molecule has 0 saturated heterocycles. The average molecular weight is 357 g/mol. The number of hydrazine groups is 1. The maximum absolute atomic E-state index is 12.3. The van der Waals surface area contributed by atoms with E-state index >= 15 is 0 Å². The van der Waals surface area contributed by atoms with Crippen LogP contribution in [0.15, 0.2) is 48.7 Å². The molecule has 0 saturated carbocycles. The van der Waals surface area contributed by atoms with E-state index in [0.717, 1.165) is 5.39 Å². The van der Waals surface area contributed by atoms with Crippen molar-refractivity contribution in [1.82, 2.24) is 10.4 Å². The number of nitrogens with zero attached hydrogens (tertiary/aromatic N) is 2. The predicted molar refractivity (Wildman–Crippen MR) is 95.7 cm³/mol. The van der Waals surface area contributed by atoms with Crippen molar-refractivity contribution in [3.63, 3.8) is 0 Å². The second kappa shape index (κ2) is 6.74. The smallest absolute Gasteiger partial charge is 0.272 e. The highest BCUT2D eigenvalue weighted by Gasteiger charge is 2.14. The number of anilines is 1. The van der Waals surface area contributed by atoms with Crippen molar-refractivity contribution in [1.29, 1.82) is 0 Å². The van der Waals surface area contributed by atoms with Crippen molar-refractivity contribution in [2.24, 2.45) is 0 Å². The third kappa shape index (κ3) is 3.51. The van der Waals surface area contributed by atoms with Gasteiger partial charge < -0.3 is 0 Å². The van der Waals surface area contributed by atoms with Gasteiger partial charge in [0.1, 0.15) is 0 Å². The molecular formula is C17H13ClN4O3. The lowest BCUT2D eigenvalue weighted by molar-refractivity contribution is -0.385. The Hall–Kier alpha value is -3.19. The van der Waals surface area contributed by atoms with Crippen molar-refractivity contribution >= 4 is 39.8 Å². The van der Waals surface area contributed by atoms with E-state index in [2.05, 4.69) is 15.8 Å². The Kier molecular flexibility index (Phi) is 4.49. The summed E-state index contributed by atoms with van der Waals surface area (Å²) in [4.78, 5) is 26.8. The number of hydrogen-bond acceptors (Lipinski definition) is 5. The van der Waals surface area contributed by atoms with Crippen molar-refractivity contribution in [2.75, 3.05) is 5.43 Å². The first-order chi connectivity index (χ1) is 12.0. The lowest BCUT2D eigenvalue weighted by Gasteiger charge is -2.11. The van der Waals surface area contributed by atoms with Crippen LogP contribution >= 0.6 is 11.6 Å². The Labute approximate surface area is 147 Å². The van der Waals surface area contributed by atoms with E-state index in [4.69, 9.17) is 11.6 Å². The molecule has 8 heteroatoms. The van der Waals surface area contributed by atoms with E-state index in [1.54, 1.807) is 37.4 Å². The topological polar surface area (TPSA) is 97.2 Å². The number of rotatable bonds is 4. The third-order valence-corrected chi connectivity index (χ3v) is 3.91. The molecule has 1 heterocycles. The summed E-state index contributed by atoms with van der Waals surface area (Å²) in [6, 6.07) is 11.2. The van der Waals surface area contributed by atoms with Gasteiger partial charge in [0.25, 0.3) is 11.6 Å². The highest BCUT2D eigenvalue weighted by molar-refractivity contribution is 6.31. The number of aromatic nitrogens is 1. The van der Waals surface area contributed by atoms with Gasteiger partial charge in [0.15, 0.2) is 0 Å². The number of benzene rings is 2. The number of carbonyl (C=O) groups is 1. The molecule has 3 rings (SSSR count). The van der Waals surface area contributed by atoms with E-state index in [-0.39, 0.29) is 5.69 Å². The quantitative estimate of drug-likeness (QED) is 0.546. The largest absolute Gasteiger partial charge is 0.298 e. The van der Waals surface area contributed by atoms with Gasteiger partial charge in [-0.3, -0.25) is 30.7 Å². The summed E-state index contributed by atoms with van der Waals surface area (Å²) in [6.45, 7) is 1.59. The zero-order valence-corrected chi connectivity index (χ0v) is 13.9. The number of hydrogen-bond donors (Lipinski definition) is 2. The van der Waals surface area contributed by atoms with Gasteiger partial charge in [0.05, 0.1) is 16.1 Å². The van der Waals surface area contributed by atoms with Gasteiger partial charge in [-0.25, -0.2) is 0 Å². The highest BCUT2D eigenvalue weighted by Crippen LogP contribution is 2.24. The minimum Gasteiger partial charge on any atom is -0.298 e. The van der Waals surface area contributed by atoms with Gasteiger partial charge >= 0.3 is 0 Å². The molecule has 126 valence electrons. The molecule has 0 radical (unpaired) electrons. The molecule has 0 aliphatic rings. The second-order valence-electron chi connectivity index (χ2n) is 5.36. The highest BCUT2D eigenvalue weighted by atomic mass is 35.5. The Morgan fingerprint density at radius 3 is 2.72 bits per heavy atom. The van der Waals surface area contributed by atoms with Crippen LogP contribution in [-0.4, -0.2) is 15.8 Å². The SMILES string of the molecule is Cc1cc(C(=O)NNc2ccnc3cc(Cl)ccc23)ccc1[N+](=O)[O-]. The first-order valence-electron chi connectivity index (χ1n) is 7.31. The number of nitro groups is 1. The number of nitrogens with one attached hydrogen (secondary N) is 2. The molecule has 0 aliphatic carbocycles. The van der Waals surface area contributed by atoms with Gasteiger partial charge in [-0.05, 0) is 43.3 Å². The van der Waals surface area contributed by atoms with Crippen LogP contribution in [0.3, 0.4) is 0 Å². The molecule has 1 amide bonds. The Morgan fingerprint density at radius 1 is 1.20 bits per heavy atom. The first-order valence-corrected chi connectivity index (χ1v) is 7.69. The number of carbonyl (C=O) groups excluding carboxylic acids is 1. The van der Waals surface area contributed by atoms with Crippen molar-refractivity contribution in [3.05, 3.63) is 74.9 Å². The molecule has 7 nitrogen and oxygen atoms in total. The fourth-order valence-electron chi connectivity index (χ4n) is 2.43. The minimum atomic E-state index is -0.483. The summed E-state index contributed by atoms with van der Waals surface area (Å²) < 4.78 is 0. The maximum atomic E-state index is 12.3. The molecule has 0 aliphatic heterocycles. The summed E-state index contributed by atoms with van der Waals surface area (Å²) >= 11 is 5.95. The number of fused-ring (bicyclic) bond motifs is 1. The molecule has 0 fully saturated rings. The molecular weight excluding hydrogens is 344 g/mol. The summed E-state index contributed by atoms with van der Waals surface area (Å²) in [5, 5.41) is 12.2. The van der Waals surface area contributed by atoms with E-state index in [1.165, 1.54) is 18.2 Å². The van der Waals surface area contributed by atoms with Crippen molar-refractivity contribution in [3.8, 4) is 0 Å². The first kappa shape index (κ1) is 16.7. The monoisotopic (exact) mass is 356 g/mol. The molecule has 0 spiro atoms. The summed E-state index contributed by atoms with van der Waals surface area (Å²) in [5.41, 5.74) is 7.49. The van der Waals surface area contributed by atoms with Crippen molar-refractivity contribution in [2.45, 2.75) is 6.92 Å². The Bertz CT molecular complexity index is 991. The lowest BCUT2D eigenvalue weighted by Crippen LogP contribution is -2.29. The van der Waals surface area contributed by atoms with Crippen LogP contribution in [-0.2, 0) is 0 Å². The van der Waals surface area contributed by atoms with E-state index in [0.29, 0.717) is 27.4 Å². The van der Waals surface area contributed by atoms with Gasteiger partial charge in [-0.2, -0.15) is 0 Å². The van der Waals surface area contributed by atoms with E-state index in [1.807, 2.05) is 0 Å². The maximum Gasteiger partial charge on any atom is 0.272 e. The molecule has 3 aromatic rings. The van der Waals surface area contributed by atoms with E-state index in [9.17, 15) is 14.9 Å². The van der Waals surface area contributed by atoms with Crippen LogP contribution < -0.4 is 10.9 Å². The van der Waals surface area contributed by atoms with Gasteiger partial charge in [-0.15, -0.1) is 0 Å². The van der Waals surface area contributed by atoms with E-state index < -0.39 is 10.8 Å². The minimum absolute atomic E-state index is 0.0264. The zero-order chi connectivity index (χ0) is 18.0. The number of nitro benzene ring substituents is 1. The molecule has 0 unspecified atom stereocenters. The fourth-order valence-corrected chi connectivity index (χ4v) is 2.59. The van der Waals surface area contributed by atoms with Gasteiger partial charge in [0, 0.05) is 33.8 Å². The predicted octanol–water partition coefficient (Wildman–Crippen LogP) is 3.86. The normalized spacial score (nSPS) is 10.5.